The second-order valence-corrected chi connectivity index (χ2v) is 10.9. The summed E-state index contributed by atoms with van der Waals surface area (Å²) in [6.07, 6.45) is -0.181. The number of azide groups is 1. The molecule has 41 heavy (non-hydrogen) atoms. The van der Waals surface area contributed by atoms with E-state index in [-0.39, 0.29) is 24.8 Å². The second-order valence-electron chi connectivity index (χ2n) is 10.0. The standard InChI is InChI=1S/C30H33BrN6O4/c1-20(2)19-33-36-29(39)30(18-22-8-3-5-10-25(22)31)27(24-9-4-6-11-26(24)35-37-32)41-28(34-30)21-12-14-23(15-13-21)40-17-7-16-38/h3-6,8-15,20,27,33,38H,7,16-19H2,1-2H3,(H,36,39)/t27-,30-/m0/s1. The Bertz CT molecular complexity index is 1420. The number of nitrogens with one attached hydrogen (secondary N) is 2. The first-order chi connectivity index (χ1) is 19.9. The van der Waals surface area contributed by atoms with Crippen molar-refractivity contribution in [3.8, 4) is 5.75 Å². The summed E-state index contributed by atoms with van der Waals surface area (Å²) in [4.78, 5) is 22.2. The maximum Gasteiger partial charge on any atom is 0.266 e. The van der Waals surface area contributed by atoms with Crippen molar-refractivity contribution < 1.29 is 19.4 Å². The fourth-order valence-corrected chi connectivity index (χ4v) is 4.91. The van der Waals surface area contributed by atoms with Crippen molar-refractivity contribution in [3.05, 3.63) is 104 Å². The Hall–Kier alpha value is -3.89. The Labute approximate surface area is 247 Å². The van der Waals surface area contributed by atoms with Crippen LogP contribution in [0.5, 0.6) is 5.75 Å². The summed E-state index contributed by atoms with van der Waals surface area (Å²) in [6, 6.07) is 21.9. The summed E-state index contributed by atoms with van der Waals surface area (Å²) in [5, 5.41) is 12.9. The predicted octanol–water partition coefficient (Wildman–Crippen LogP) is 5.93. The number of aliphatic hydroxyl groups excluding tert-OH is 1. The lowest BCUT2D eigenvalue weighted by Gasteiger charge is -2.31. The maximum atomic E-state index is 14.2. The molecule has 0 fully saturated rings. The van der Waals surface area contributed by atoms with E-state index in [0.29, 0.717) is 48.1 Å². The number of hydrogen-bond donors (Lipinski definition) is 3. The van der Waals surface area contributed by atoms with Crippen LogP contribution in [0.25, 0.3) is 10.4 Å². The van der Waals surface area contributed by atoms with Crippen molar-refractivity contribution in [2.75, 3.05) is 19.8 Å². The molecule has 1 heterocycles. The first-order valence-corrected chi connectivity index (χ1v) is 14.2. The molecule has 0 unspecified atom stereocenters. The van der Waals surface area contributed by atoms with E-state index in [0.717, 1.165) is 10.0 Å². The quantitative estimate of drug-likeness (QED) is 0.0714. The lowest BCUT2D eigenvalue weighted by atomic mass is 9.81. The van der Waals surface area contributed by atoms with Crippen molar-refractivity contribution >= 4 is 33.4 Å². The van der Waals surface area contributed by atoms with Crippen LogP contribution in [0.3, 0.4) is 0 Å². The van der Waals surface area contributed by atoms with Gasteiger partial charge in [-0.25, -0.2) is 10.4 Å². The molecular weight excluding hydrogens is 588 g/mol. The van der Waals surface area contributed by atoms with E-state index in [4.69, 9.17) is 19.6 Å². The topological polar surface area (TPSA) is 141 Å². The molecule has 0 radical (unpaired) electrons. The highest BCUT2D eigenvalue weighted by molar-refractivity contribution is 9.10. The number of hydrogen-bond acceptors (Lipinski definition) is 7. The normalized spacial score (nSPS) is 17.9. The minimum absolute atomic E-state index is 0.0507. The first-order valence-electron chi connectivity index (χ1n) is 13.4. The van der Waals surface area contributed by atoms with Gasteiger partial charge in [0.25, 0.3) is 5.91 Å². The van der Waals surface area contributed by atoms with Crippen LogP contribution in [0.2, 0.25) is 0 Å². The third-order valence-electron chi connectivity index (χ3n) is 6.53. The largest absolute Gasteiger partial charge is 0.494 e. The number of carbonyl (C=O) groups excluding carboxylic acids is 1. The maximum absolute atomic E-state index is 14.2. The van der Waals surface area contributed by atoms with Crippen LogP contribution in [-0.2, 0) is 16.0 Å². The molecule has 3 aromatic rings. The molecule has 11 heteroatoms. The number of ether oxygens (including phenoxy) is 2. The average molecular weight is 622 g/mol. The van der Waals surface area contributed by atoms with Gasteiger partial charge in [-0.2, -0.15) is 0 Å². The van der Waals surface area contributed by atoms with Crippen molar-refractivity contribution in [1.29, 1.82) is 0 Å². The van der Waals surface area contributed by atoms with Crippen LogP contribution in [0.1, 0.15) is 43.1 Å². The van der Waals surface area contributed by atoms with Crippen LogP contribution in [0.4, 0.5) is 5.69 Å². The number of nitrogens with zero attached hydrogens (tertiary/aromatic N) is 4. The van der Waals surface area contributed by atoms with E-state index in [1.807, 2.05) is 56.3 Å². The number of hydrazine groups is 1. The van der Waals surface area contributed by atoms with Crippen LogP contribution in [-0.4, -0.2) is 42.2 Å². The van der Waals surface area contributed by atoms with Gasteiger partial charge in [0.2, 0.25) is 5.90 Å². The van der Waals surface area contributed by atoms with Crippen LogP contribution in [0.15, 0.2) is 87.4 Å². The molecule has 0 spiro atoms. The Morgan fingerprint density at radius 1 is 1.17 bits per heavy atom. The van der Waals surface area contributed by atoms with Crippen LogP contribution < -0.4 is 15.6 Å². The lowest BCUT2D eigenvalue weighted by Crippen LogP contribution is -2.54. The van der Waals surface area contributed by atoms with E-state index < -0.39 is 11.6 Å². The molecule has 0 bridgehead atoms. The van der Waals surface area contributed by atoms with Gasteiger partial charge >= 0.3 is 0 Å². The van der Waals surface area contributed by atoms with Gasteiger partial charge in [-0.05, 0) is 47.3 Å². The van der Waals surface area contributed by atoms with Crippen molar-refractivity contribution in [3.63, 3.8) is 0 Å². The highest BCUT2D eigenvalue weighted by Crippen LogP contribution is 2.46. The van der Waals surface area contributed by atoms with E-state index in [1.165, 1.54) is 0 Å². The summed E-state index contributed by atoms with van der Waals surface area (Å²) in [6.45, 7) is 5.09. The molecule has 1 amide bonds. The lowest BCUT2D eigenvalue weighted by molar-refractivity contribution is -0.130. The van der Waals surface area contributed by atoms with Gasteiger partial charge in [0, 0.05) is 52.2 Å². The molecule has 1 aliphatic rings. The Kier molecular flexibility index (Phi) is 10.4. The molecule has 3 N–H and O–H groups in total. The number of aliphatic hydroxyl groups is 1. The minimum atomic E-state index is -1.46. The van der Waals surface area contributed by atoms with Crippen molar-refractivity contribution in [2.45, 2.75) is 38.3 Å². The van der Waals surface area contributed by atoms with Crippen LogP contribution in [0, 0.1) is 5.92 Å². The summed E-state index contributed by atoms with van der Waals surface area (Å²) in [7, 11) is 0. The summed E-state index contributed by atoms with van der Waals surface area (Å²) in [5.74, 6) is 0.835. The van der Waals surface area contributed by atoms with Gasteiger partial charge in [-0.1, -0.05) is 77.4 Å². The monoisotopic (exact) mass is 620 g/mol. The van der Waals surface area contributed by atoms with E-state index in [9.17, 15) is 10.3 Å². The third-order valence-corrected chi connectivity index (χ3v) is 7.31. The minimum Gasteiger partial charge on any atom is -0.494 e. The van der Waals surface area contributed by atoms with E-state index >= 15 is 0 Å². The molecular formula is C30H33BrN6O4. The molecule has 214 valence electrons. The molecule has 0 saturated heterocycles. The fourth-order valence-electron chi connectivity index (χ4n) is 4.48. The number of halogens is 1. The van der Waals surface area contributed by atoms with Crippen LogP contribution >= 0.6 is 15.9 Å². The first kappa shape index (κ1) is 30.1. The molecule has 0 aromatic heterocycles. The molecule has 4 rings (SSSR count). The average Bonchev–Trinajstić information content (AvgIpc) is 3.35. The number of carbonyl (C=O) groups is 1. The van der Waals surface area contributed by atoms with Crippen molar-refractivity contribution in [2.24, 2.45) is 16.0 Å². The molecule has 0 saturated carbocycles. The number of aliphatic imine (C=N–C) groups is 1. The molecule has 10 nitrogen and oxygen atoms in total. The SMILES string of the molecule is CC(C)CNNC(=O)[C@@]1(Cc2ccccc2Br)N=C(c2ccc(OCCCO)cc2)O[C@H]1c1ccccc1N=[N+]=[N-]. The zero-order valence-electron chi connectivity index (χ0n) is 23.0. The third kappa shape index (κ3) is 7.25. The smallest absolute Gasteiger partial charge is 0.266 e. The molecule has 2 atom stereocenters. The van der Waals surface area contributed by atoms with Gasteiger partial charge in [-0.3, -0.25) is 10.2 Å². The number of rotatable bonds is 13. The zero-order chi connectivity index (χ0) is 29.2. The fraction of sp³-hybridized carbons (Fsp3) is 0.333. The number of benzene rings is 3. The molecule has 0 aliphatic carbocycles. The summed E-state index contributed by atoms with van der Waals surface area (Å²) in [5.41, 5.74) is 16.1. The molecule has 3 aromatic carbocycles. The van der Waals surface area contributed by atoms with Gasteiger partial charge in [-0.15, -0.1) is 0 Å². The van der Waals surface area contributed by atoms with Gasteiger partial charge in [0.05, 0.1) is 6.61 Å². The van der Waals surface area contributed by atoms with Crippen molar-refractivity contribution in [1.82, 2.24) is 10.9 Å². The van der Waals surface area contributed by atoms with E-state index in [2.05, 4.69) is 36.8 Å². The Balaban J connectivity index is 1.83. The molecule has 1 aliphatic heterocycles. The predicted molar refractivity (Wildman–Crippen MR) is 161 cm³/mol. The number of amides is 1. The van der Waals surface area contributed by atoms with Gasteiger partial charge in [0.15, 0.2) is 11.6 Å². The van der Waals surface area contributed by atoms with E-state index in [1.54, 1.807) is 30.3 Å². The Morgan fingerprint density at radius 3 is 2.61 bits per heavy atom. The summed E-state index contributed by atoms with van der Waals surface area (Å²) < 4.78 is 13.0. The van der Waals surface area contributed by atoms with Gasteiger partial charge in [0.1, 0.15) is 5.75 Å². The highest BCUT2D eigenvalue weighted by Gasteiger charge is 2.54. The second kappa shape index (κ2) is 14.1. The highest BCUT2D eigenvalue weighted by atomic mass is 79.9. The Morgan fingerprint density at radius 2 is 1.90 bits per heavy atom. The summed E-state index contributed by atoms with van der Waals surface area (Å²) >= 11 is 3.63. The zero-order valence-corrected chi connectivity index (χ0v) is 24.5. The van der Waals surface area contributed by atoms with Gasteiger partial charge < -0.3 is 14.6 Å².